The number of hydrogen-bond donors (Lipinski definition) is 1. The monoisotopic (exact) mass is 304 g/mol. The van der Waals surface area contributed by atoms with Crippen molar-refractivity contribution in [3.8, 4) is 0 Å². The molecule has 3 rings (SSSR count). The molecule has 1 N–H and O–H groups in total. The number of nitrogens with one attached hydrogen (secondary N) is 1. The highest BCUT2D eigenvalue weighted by atomic mass is 19.4. The minimum Gasteiger partial charge on any atom is -0.339 e. The first kappa shape index (κ1) is 15.1. The second-order valence-corrected chi connectivity index (χ2v) is 6.76. The number of piperidine rings is 1. The van der Waals surface area contributed by atoms with Crippen LogP contribution in [0.2, 0.25) is 0 Å². The predicted molar refractivity (Wildman–Crippen MR) is 72.7 cm³/mol. The van der Waals surface area contributed by atoms with Crippen LogP contribution in [0.25, 0.3) is 0 Å². The Balaban J connectivity index is 1.85. The Bertz CT molecular complexity index is 402. The van der Waals surface area contributed by atoms with Gasteiger partial charge in [-0.3, -0.25) is 4.79 Å². The van der Waals surface area contributed by atoms with Gasteiger partial charge in [-0.2, -0.15) is 13.2 Å². The lowest BCUT2D eigenvalue weighted by Gasteiger charge is -2.47. The molecule has 0 radical (unpaired) electrons. The third-order valence-corrected chi connectivity index (χ3v) is 5.61. The van der Waals surface area contributed by atoms with Crippen LogP contribution in [0.15, 0.2) is 0 Å². The van der Waals surface area contributed by atoms with Crippen molar-refractivity contribution in [3.05, 3.63) is 0 Å². The number of nitrogens with zero attached hydrogens (tertiary/aromatic N) is 1. The van der Waals surface area contributed by atoms with Crippen LogP contribution in [0.1, 0.15) is 44.9 Å². The number of alkyl halides is 3. The summed E-state index contributed by atoms with van der Waals surface area (Å²) in [6.07, 6.45) is 1.43. The zero-order valence-corrected chi connectivity index (χ0v) is 12.2. The van der Waals surface area contributed by atoms with Crippen LogP contribution in [0.4, 0.5) is 13.2 Å². The van der Waals surface area contributed by atoms with Gasteiger partial charge in [0.1, 0.15) is 0 Å². The second-order valence-electron chi connectivity index (χ2n) is 6.76. The molecule has 3 aliphatic rings. The minimum absolute atomic E-state index is 0.0415. The largest absolute Gasteiger partial charge is 0.404 e. The van der Waals surface area contributed by atoms with Crippen LogP contribution in [0.5, 0.6) is 0 Å². The molecule has 0 bridgehead atoms. The van der Waals surface area contributed by atoms with Crippen LogP contribution in [0, 0.1) is 11.3 Å². The molecule has 3 nitrogen and oxygen atoms in total. The fraction of sp³-hybridized carbons (Fsp3) is 0.933. The molecule has 2 heterocycles. The first-order valence-electron chi connectivity index (χ1n) is 8.04. The molecule has 6 heteroatoms. The summed E-state index contributed by atoms with van der Waals surface area (Å²) < 4.78 is 40.7. The van der Waals surface area contributed by atoms with Gasteiger partial charge in [0, 0.05) is 19.1 Å². The fourth-order valence-corrected chi connectivity index (χ4v) is 4.39. The lowest BCUT2D eigenvalue weighted by molar-refractivity contribution is -0.224. The topological polar surface area (TPSA) is 32.3 Å². The van der Waals surface area contributed by atoms with Gasteiger partial charge in [0.15, 0.2) is 5.41 Å². The van der Waals surface area contributed by atoms with E-state index >= 15 is 0 Å². The predicted octanol–water partition coefficient (Wildman–Crippen LogP) is 2.71. The molecule has 3 fully saturated rings. The first-order chi connectivity index (χ1) is 9.96. The normalized spacial score (nSPS) is 37.4. The standard InChI is InChI=1S/C15H23F3N2O/c16-15(17,18)14(7-8-19-10-14)13(21)20-9-3-5-11-4-1-2-6-12(11)20/h11-12,19H,1-10H2/t11-,12-,14?/m1/s1. The van der Waals surface area contributed by atoms with E-state index in [0.717, 1.165) is 38.5 Å². The van der Waals surface area contributed by atoms with E-state index in [-0.39, 0.29) is 25.6 Å². The molecule has 0 aromatic heterocycles. The Morgan fingerprint density at radius 2 is 1.86 bits per heavy atom. The second kappa shape index (κ2) is 5.45. The molecule has 120 valence electrons. The van der Waals surface area contributed by atoms with E-state index in [2.05, 4.69) is 5.32 Å². The van der Waals surface area contributed by atoms with Crippen LogP contribution in [-0.4, -0.2) is 42.7 Å². The lowest BCUT2D eigenvalue weighted by atomic mass is 9.76. The van der Waals surface area contributed by atoms with Gasteiger partial charge in [-0.05, 0) is 44.6 Å². The zero-order valence-electron chi connectivity index (χ0n) is 12.2. The number of carbonyl (C=O) groups is 1. The molecule has 0 aromatic rings. The van der Waals surface area contributed by atoms with Crippen molar-refractivity contribution >= 4 is 5.91 Å². The van der Waals surface area contributed by atoms with E-state index in [0.29, 0.717) is 12.5 Å². The molecule has 2 aliphatic heterocycles. The summed E-state index contributed by atoms with van der Waals surface area (Å²) in [5.74, 6) is -0.257. The molecular formula is C15H23F3N2O. The maximum absolute atomic E-state index is 13.6. The molecule has 1 aliphatic carbocycles. The van der Waals surface area contributed by atoms with Gasteiger partial charge in [-0.25, -0.2) is 0 Å². The molecular weight excluding hydrogens is 281 g/mol. The van der Waals surface area contributed by atoms with Gasteiger partial charge in [0.25, 0.3) is 0 Å². The molecule has 0 spiro atoms. The van der Waals surface area contributed by atoms with Crippen molar-refractivity contribution in [2.24, 2.45) is 11.3 Å². The summed E-state index contributed by atoms with van der Waals surface area (Å²) in [5, 5.41) is 2.74. The lowest BCUT2D eigenvalue weighted by Crippen LogP contribution is -2.59. The summed E-state index contributed by atoms with van der Waals surface area (Å²) in [6.45, 7) is 0.508. The van der Waals surface area contributed by atoms with E-state index in [1.54, 1.807) is 4.90 Å². The van der Waals surface area contributed by atoms with Gasteiger partial charge in [0.2, 0.25) is 5.91 Å². The van der Waals surface area contributed by atoms with E-state index < -0.39 is 17.5 Å². The zero-order chi connectivity index (χ0) is 15.1. The highest BCUT2D eigenvalue weighted by Gasteiger charge is 2.63. The molecule has 1 amide bonds. The van der Waals surface area contributed by atoms with Crippen molar-refractivity contribution in [1.29, 1.82) is 0 Å². The molecule has 1 saturated carbocycles. The Morgan fingerprint density at radius 1 is 1.14 bits per heavy atom. The summed E-state index contributed by atoms with van der Waals surface area (Å²) in [7, 11) is 0. The number of fused-ring (bicyclic) bond motifs is 1. The van der Waals surface area contributed by atoms with Crippen molar-refractivity contribution in [2.45, 2.75) is 57.2 Å². The Hall–Kier alpha value is -0.780. The Morgan fingerprint density at radius 3 is 2.52 bits per heavy atom. The molecule has 0 aromatic carbocycles. The van der Waals surface area contributed by atoms with E-state index in [4.69, 9.17) is 0 Å². The van der Waals surface area contributed by atoms with Crippen LogP contribution >= 0.6 is 0 Å². The summed E-state index contributed by atoms with van der Waals surface area (Å²) >= 11 is 0. The van der Waals surface area contributed by atoms with Crippen LogP contribution < -0.4 is 5.32 Å². The van der Waals surface area contributed by atoms with Gasteiger partial charge in [-0.1, -0.05) is 12.8 Å². The number of likely N-dealkylation sites (tertiary alicyclic amines) is 1. The van der Waals surface area contributed by atoms with Gasteiger partial charge >= 0.3 is 6.18 Å². The van der Waals surface area contributed by atoms with E-state index in [1.807, 2.05) is 0 Å². The Kier molecular flexibility index (Phi) is 3.93. The van der Waals surface area contributed by atoms with Crippen LogP contribution in [-0.2, 0) is 4.79 Å². The quantitative estimate of drug-likeness (QED) is 0.808. The van der Waals surface area contributed by atoms with Gasteiger partial charge < -0.3 is 10.2 Å². The fourth-order valence-electron chi connectivity index (χ4n) is 4.39. The molecule has 21 heavy (non-hydrogen) atoms. The van der Waals surface area contributed by atoms with Crippen LogP contribution in [0.3, 0.4) is 0 Å². The minimum atomic E-state index is -4.46. The van der Waals surface area contributed by atoms with Crippen molar-refractivity contribution in [1.82, 2.24) is 10.2 Å². The number of carbonyl (C=O) groups excluding carboxylic acids is 1. The van der Waals surface area contributed by atoms with E-state index in [9.17, 15) is 18.0 Å². The highest BCUT2D eigenvalue weighted by Crippen LogP contribution is 2.46. The molecule has 2 saturated heterocycles. The average Bonchev–Trinajstić information content (AvgIpc) is 2.96. The Labute approximate surface area is 123 Å². The maximum atomic E-state index is 13.6. The molecule has 3 atom stereocenters. The number of hydrogen-bond acceptors (Lipinski definition) is 2. The number of amides is 1. The SMILES string of the molecule is O=C(N1CCC[C@H]2CCCC[C@H]21)C1(C(F)(F)F)CCNC1. The smallest absolute Gasteiger partial charge is 0.339 e. The number of rotatable bonds is 1. The van der Waals surface area contributed by atoms with Gasteiger partial charge in [0.05, 0.1) is 0 Å². The van der Waals surface area contributed by atoms with Gasteiger partial charge in [-0.15, -0.1) is 0 Å². The number of halogens is 3. The highest BCUT2D eigenvalue weighted by molar-refractivity contribution is 5.85. The third-order valence-electron chi connectivity index (χ3n) is 5.61. The summed E-state index contributed by atoms with van der Waals surface area (Å²) in [4.78, 5) is 14.4. The summed E-state index contributed by atoms with van der Waals surface area (Å²) in [6, 6.07) is 0.0415. The van der Waals surface area contributed by atoms with Crippen molar-refractivity contribution < 1.29 is 18.0 Å². The van der Waals surface area contributed by atoms with Crippen molar-refractivity contribution in [3.63, 3.8) is 0 Å². The molecule has 1 unspecified atom stereocenters. The summed E-state index contributed by atoms with van der Waals surface area (Å²) in [5.41, 5.74) is -2.19. The first-order valence-corrected chi connectivity index (χ1v) is 8.04. The third kappa shape index (κ3) is 2.45. The maximum Gasteiger partial charge on any atom is 0.404 e. The average molecular weight is 304 g/mol. The van der Waals surface area contributed by atoms with Crippen molar-refractivity contribution in [2.75, 3.05) is 19.6 Å². The van der Waals surface area contributed by atoms with E-state index in [1.165, 1.54) is 0 Å².